The van der Waals surface area contributed by atoms with Gasteiger partial charge in [-0.2, -0.15) is 0 Å². The van der Waals surface area contributed by atoms with Crippen LogP contribution in [0.2, 0.25) is 0 Å². The highest BCUT2D eigenvalue weighted by Gasteiger charge is 2.08. The summed E-state index contributed by atoms with van der Waals surface area (Å²) in [4.78, 5) is 2.18. The fourth-order valence-corrected chi connectivity index (χ4v) is 1.21. The minimum atomic E-state index is 0.142. The Morgan fingerprint density at radius 1 is 1.58 bits per heavy atom. The molecule has 72 valence electrons. The van der Waals surface area contributed by atoms with Crippen molar-refractivity contribution < 1.29 is 4.74 Å². The summed E-state index contributed by atoms with van der Waals surface area (Å²) in [7, 11) is 4.13. The van der Waals surface area contributed by atoms with Crippen LogP contribution >= 0.6 is 12.2 Å². The molecule has 0 heterocycles. The summed E-state index contributed by atoms with van der Waals surface area (Å²) in [6.45, 7) is 2.78. The number of thiocarbonyl (C=S) groups is 1. The normalized spacial score (nSPS) is 13.0. The third-order valence-corrected chi connectivity index (χ3v) is 2.01. The van der Waals surface area contributed by atoms with E-state index in [1.807, 2.05) is 0 Å². The zero-order chi connectivity index (χ0) is 9.56. The highest BCUT2D eigenvalue weighted by Crippen LogP contribution is 2.03. The molecule has 0 aliphatic rings. The second kappa shape index (κ2) is 6.20. The number of hydrogen-bond acceptors (Lipinski definition) is 3. The Kier molecular flexibility index (Phi) is 6.02. The van der Waals surface area contributed by atoms with Crippen molar-refractivity contribution in [1.29, 1.82) is 0 Å². The van der Waals surface area contributed by atoms with Crippen LogP contribution in [0, 0.1) is 0 Å². The van der Waals surface area contributed by atoms with E-state index in [-0.39, 0.29) is 5.17 Å². The molecule has 0 aliphatic heterocycles. The smallest absolute Gasteiger partial charge is 0.253 e. The van der Waals surface area contributed by atoms with Gasteiger partial charge in [0, 0.05) is 6.04 Å². The van der Waals surface area contributed by atoms with Crippen molar-refractivity contribution in [3.63, 3.8) is 0 Å². The third-order valence-electron chi connectivity index (χ3n) is 1.90. The zero-order valence-corrected chi connectivity index (χ0v) is 8.86. The van der Waals surface area contributed by atoms with Crippen LogP contribution < -0.4 is 5.73 Å². The Hall–Kier alpha value is -0.350. The lowest BCUT2D eigenvalue weighted by Gasteiger charge is -2.22. The topological polar surface area (TPSA) is 38.5 Å². The molecule has 0 aromatic carbocycles. The van der Waals surface area contributed by atoms with Crippen molar-refractivity contribution in [2.45, 2.75) is 25.8 Å². The van der Waals surface area contributed by atoms with Crippen molar-refractivity contribution in [3.8, 4) is 0 Å². The highest BCUT2D eigenvalue weighted by molar-refractivity contribution is 7.80. The van der Waals surface area contributed by atoms with Gasteiger partial charge in [0.1, 0.15) is 0 Å². The molecule has 0 aromatic rings. The Balaban J connectivity index is 3.51. The summed E-state index contributed by atoms with van der Waals surface area (Å²) in [6.07, 6.45) is 2.09. The van der Waals surface area contributed by atoms with Gasteiger partial charge in [0.05, 0.1) is 6.61 Å². The molecule has 0 aliphatic carbocycles. The number of nitrogens with two attached hydrogens (primary N) is 1. The summed E-state index contributed by atoms with van der Waals surface area (Å²) in [5.74, 6) is 0. The summed E-state index contributed by atoms with van der Waals surface area (Å²) >= 11 is 4.59. The molecule has 3 nitrogen and oxygen atoms in total. The van der Waals surface area contributed by atoms with Gasteiger partial charge < -0.3 is 15.4 Å². The van der Waals surface area contributed by atoms with E-state index in [0.29, 0.717) is 12.6 Å². The van der Waals surface area contributed by atoms with Gasteiger partial charge in [0.25, 0.3) is 5.17 Å². The predicted octanol–water partition coefficient (Wildman–Crippen LogP) is 0.977. The Bertz CT molecular complexity index is 139. The molecule has 0 radical (unpaired) electrons. The average Bonchev–Trinajstić information content (AvgIpc) is 1.96. The van der Waals surface area contributed by atoms with Crippen LogP contribution in [-0.4, -0.2) is 36.8 Å². The first-order chi connectivity index (χ1) is 5.57. The van der Waals surface area contributed by atoms with Gasteiger partial charge in [-0.3, -0.25) is 0 Å². The molecule has 0 rings (SSSR count). The average molecular weight is 190 g/mol. The van der Waals surface area contributed by atoms with Crippen LogP contribution in [0.5, 0.6) is 0 Å². The van der Waals surface area contributed by atoms with Gasteiger partial charge >= 0.3 is 0 Å². The van der Waals surface area contributed by atoms with Crippen LogP contribution in [0.15, 0.2) is 0 Å². The molecule has 0 bridgehead atoms. The van der Waals surface area contributed by atoms with E-state index in [1.54, 1.807) is 0 Å². The van der Waals surface area contributed by atoms with Crippen LogP contribution in [-0.2, 0) is 4.74 Å². The maximum atomic E-state index is 5.19. The van der Waals surface area contributed by atoms with Crippen molar-refractivity contribution in [2.24, 2.45) is 5.73 Å². The summed E-state index contributed by atoms with van der Waals surface area (Å²) in [6, 6.07) is 0.555. The molecule has 0 spiro atoms. The Morgan fingerprint density at radius 3 is 2.50 bits per heavy atom. The minimum absolute atomic E-state index is 0.142. The minimum Gasteiger partial charge on any atom is -0.471 e. The molecular formula is C8H18N2OS. The van der Waals surface area contributed by atoms with Gasteiger partial charge in [0.2, 0.25) is 0 Å². The third kappa shape index (κ3) is 5.32. The molecule has 0 saturated carbocycles. The molecule has 12 heavy (non-hydrogen) atoms. The first-order valence-electron chi connectivity index (χ1n) is 4.16. The van der Waals surface area contributed by atoms with Crippen molar-refractivity contribution in [3.05, 3.63) is 0 Å². The molecule has 0 fully saturated rings. The molecule has 0 aromatic heterocycles. The van der Waals surface area contributed by atoms with Gasteiger partial charge in [0.15, 0.2) is 0 Å². The summed E-state index contributed by atoms with van der Waals surface area (Å²) < 4.78 is 5.01. The zero-order valence-electron chi connectivity index (χ0n) is 8.04. The second-order valence-corrected chi connectivity index (χ2v) is 3.38. The lowest BCUT2D eigenvalue weighted by molar-refractivity contribution is 0.212. The predicted molar refractivity (Wildman–Crippen MR) is 55.1 cm³/mol. The van der Waals surface area contributed by atoms with Crippen molar-refractivity contribution in [2.75, 3.05) is 20.7 Å². The fourth-order valence-electron chi connectivity index (χ4n) is 1.12. The first-order valence-corrected chi connectivity index (χ1v) is 4.57. The van der Waals surface area contributed by atoms with Crippen LogP contribution in [0.1, 0.15) is 19.8 Å². The standard InChI is InChI=1S/C8H18N2OS/c1-4-7(10(2)3)5-6-11-8(9)12/h7H,4-6H2,1-3H3,(H2,9,12). The lowest BCUT2D eigenvalue weighted by atomic mass is 10.1. The molecule has 0 saturated heterocycles. The van der Waals surface area contributed by atoms with Gasteiger partial charge in [-0.1, -0.05) is 6.92 Å². The molecule has 2 N–H and O–H groups in total. The van der Waals surface area contributed by atoms with E-state index in [1.165, 1.54) is 0 Å². The number of ether oxygens (including phenoxy) is 1. The van der Waals surface area contributed by atoms with Gasteiger partial charge in [-0.15, -0.1) is 0 Å². The molecule has 4 heteroatoms. The van der Waals surface area contributed by atoms with E-state index in [9.17, 15) is 0 Å². The Labute approximate surface area is 79.9 Å². The first kappa shape index (κ1) is 11.6. The van der Waals surface area contributed by atoms with E-state index in [0.717, 1.165) is 12.8 Å². The highest BCUT2D eigenvalue weighted by atomic mass is 32.1. The quantitative estimate of drug-likeness (QED) is 0.656. The van der Waals surface area contributed by atoms with E-state index in [2.05, 4.69) is 38.1 Å². The fraction of sp³-hybridized carbons (Fsp3) is 0.875. The SMILES string of the molecule is CCC(CCOC(N)=S)N(C)C. The second-order valence-electron chi connectivity index (χ2n) is 2.98. The van der Waals surface area contributed by atoms with E-state index in [4.69, 9.17) is 10.5 Å². The van der Waals surface area contributed by atoms with Crippen molar-refractivity contribution in [1.82, 2.24) is 4.90 Å². The number of hydrogen-bond donors (Lipinski definition) is 1. The maximum absolute atomic E-state index is 5.19. The van der Waals surface area contributed by atoms with E-state index < -0.39 is 0 Å². The molecule has 1 unspecified atom stereocenters. The Morgan fingerprint density at radius 2 is 2.17 bits per heavy atom. The maximum Gasteiger partial charge on any atom is 0.253 e. The van der Waals surface area contributed by atoms with Crippen LogP contribution in [0.3, 0.4) is 0 Å². The molecule has 0 amide bonds. The monoisotopic (exact) mass is 190 g/mol. The van der Waals surface area contributed by atoms with Gasteiger partial charge in [-0.05, 0) is 39.2 Å². The van der Waals surface area contributed by atoms with Gasteiger partial charge in [-0.25, -0.2) is 0 Å². The lowest BCUT2D eigenvalue weighted by Crippen LogP contribution is -2.29. The summed E-state index contributed by atoms with van der Waals surface area (Å²) in [5.41, 5.74) is 5.19. The van der Waals surface area contributed by atoms with Crippen LogP contribution in [0.4, 0.5) is 0 Å². The van der Waals surface area contributed by atoms with E-state index >= 15 is 0 Å². The molecular weight excluding hydrogens is 172 g/mol. The number of rotatable bonds is 5. The summed E-state index contributed by atoms with van der Waals surface area (Å²) in [5, 5.41) is 0.142. The van der Waals surface area contributed by atoms with Crippen molar-refractivity contribution >= 4 is 17.4 Å². The van der Waals surface area contributed by atoms with Crippen LogP contribution in [0.25, 0.3) is 0 Å². The molecule has 1 atom stereocenters. The largest absolute Gasteiger partial charge is 0.471 e. The number of nitrogens with zero attached hydrogens (tertiary/aromatic N) is 1.